The average Bonchev–Trinajstić information content (AvgIpc) is 3.40. The smallest absolute Gasteiger partial charge is 0.382 e. The topological polar surface area (TPSA) is 59.2 Å². The molecular formula is C22H23F7N6. The highest BCUT2D eigenvalue weighted by atomic mass is 19.4. The summed E-state index contributed by atoms with van der Waals surface area (Å²) in [5.41, 5.74) is -1.23. The molecule has 1 fully saturated rings. The van der Waals surface area contributed by atoms with Gasteiger partial charge in [0.1, 0.15) is 23.7 Å². The molecule has 0 bridgehead atoms. The highest BCUT2D eigenvalue weighted by molar-refractivity contribution is 5.63. The number of hydrogen-bond donors (Lipinski definition) is 2. The molecule has 1 saturated carbocycles. The lowest BCUT2D eigenvalue weighted by Crippen LogP contribution is -2.36. The third-order valence-electron chi connectivity index (χ3n) is 5.96. The quantitative estimate of drug-likeness (QED) is 0.385. The number of rotatable bonds is 8. The standard InChI is InChI=1S/C22H23F7N6/c1-12(15-9-30-35(11-17(23)24)20(15)21(25)26)31-13-5-7-14(8-6-13)32-18-3-2-4-19-33-16(10-34(18)19)22(27,28)29/h2-4,9-10,13-14,17,21,31-32H,1,5-8,11H2. The third kappa shape index (κ3) is 5.54. The van der Waals surface area contributed by atoms with E-state index in [1.165, 1.54) is 10.5 Å². The second-order valence-corrected chi connectivity index (χ2v) is 8.40. The van der Waals surface area contributed by atoms with Crippen molar-refractivity contribution in [3.05, 3.63) is 54.1 Å². The van der Waals surface area contributed by atoms with Crippen molar-refractivity contribution < 1.29 is 30.7 Å². The lowest BCUT2D eigenvalue weighted by molar-refractivity contribution is -0.140. The van der Waals surface area contributed by atoms with Gasteiger partial charge in [-0.25, -0.2) is 22.5 Å². The Balaban J connectivity index is 1.37. The molecule has 0 atom stereocenters. The van der Waals surface area contributed by atoms with Gasteiger partial charge in [0.15, 0.2) is 5.69 Å². The Morgan fingerprint density at radius 1 is 1.09 bits per heavy atom. The Morgan fingerprint density at radius 3 is 2.40 bits per heavy atom. The average molecular weight is 504 g/mol. The molecule has 0 amide bonds. The number of nitrogens with one attached hydrogen (secondary N) is 2. The van der Waals surface area contributed by atoms with Crippen LogP contribution in [0.15, 0.2) is 37.2 Å². The normalized spacial score (nSPS) is 19.0. The predicted molar refractivity (Wildman–Crippen MR) is 115 cm³/mol. The number of pyridine rings is 1. The number of fused-ring (bicyclic) bond motifs is 1. The van der Waals surface area contributed by atoms with Crippen LogP contribution in [0.4, 0.5) is 36.6 Å². The molecule has 1 aliphatic rings. The van der Waals surface area contributed by atoms with Crippen LogP contribution in [-0.4, -0.2) is 37.7 Å². The minimum Gasteiger partial charge on any atom is -0.382 e. The largest absolute Gasteiger partial charge is 0.434 e. The van der Waals surface area contributed by atoms with Gasteiger partial charge in [-0.05, 0) is 37.8 Å². The highest BCUT2D eigenvalue weighted by Crippen LogP contribution is 2.31. The van der Waals surface area contributed by atoms with Crippen LogP contribution in [0.3, 0.4) is 0 Å². The molecule has 3 aromatic rings. The van der Waals surface area contributed by atoms with E-state index in [4.69, 9.17) is 0 Å². The zero-order valence-electron chi connectivity index (χ0n) is 18.4. The maximum atomic E-state index is 13.5. The summed E-state index contributed by atoms with van der Waals surface area (Å²) >= 11 is 0. The van der Waals surface area contributed by atoms with Crippen molar-refractivity contribution in [2.24, 2.45) is 0 Å². The van der Waals surface area contributed by atoms with Crippen LogP contribution >= 0.6 is 0 Å². The Labute approximate surface area is 195 Å². The molecule has 3 heterocycles. The van der Waals surface area contributed by atoms with Crippen molar-refractivity contribution in [3.63, 3.8) is 0 Å². The lowest BCUT2D eigenvalue weighted by atomic mass is 9.90. The minimum atomic E-state index is -4.55. The predicted octanol–water partition coefficient (Wildman–Crippen LogP) is 5.74. The zero-order valence-corrected chi connectivity index (χ0v) is 18.4. The van der Waals surface area contributed by atoms with E-state index in [0.717, 1.165) is 12.4 Å². The van der Waals surface area contributed by atoms with E-state index < -0.39 is 37.0 Å². The van der Waals surface area contributed by atoms with Crippen LogP contribution in [0.5, 0.6) is 0 Å². The number of imidazole rings is 1. The van der Waals surface area contributed by atoms with Gasteiger partial charge in [-0.1, -0.05) is 12.6 Å². The summed E-state index contributed by atoms with van der Waals surface area (Å²) in [5.74, 6) is 0.485. The molecule has 0 unspecified atom stereocenters. The van der Waals surface area contributed by atoms with Crippen molar-refractivity contribution in [2.45, 2.75) is 63.3 Å². The van der Waals surface area contributed by atoms with Gasteiger partial charge in [0.05, 0.1) is 6.20 Å². The number of alkyl halides is 7. The zero-order chi connectivity index (χ0) is 25.3. The van der Waals surface area contributed by atoms with Gasteiger partial charge in [-0.15, -0.1) is 0 Å². The number of halogens is 7. The number of nitrogens with zero attached hydrogens (tertiary/aromatic N) is 4. The summed E-state index contributed by atoms with van der Waals surface area (Å²) in [6.45, 7) is 2.86. The minimum absolute atomic E-state index is 0.00634. The molecule has 35 heavy (non-hydrogen) atoms. The first kappa shape index (κ1) is 24.9. The second-order valence-electron chi connectivity index (χ2n) is 8.40. The first-order chi connectivity index (χ1) is 16.5. The monoisotopic (exact) mass is 504 g/mol. The Morgan fingerprint density at radius 2 is 1.77 bits per heavy atom. The second kappa shape index (κ2) is 9.78. The molecule has 4 rings (SSSR count). The fraction of sp³-hybridized carbons (Fsp3) is 0.455. The van der Waals surface area contributed by atoms with Crippen molar-refractivity contribution in [3.8, 4) is 0 Å². The highest BCUT2D eigenvalue weighted by Gasteiger charge is 2.34. The molecule has 0 aromatic carbocycles. The molecule has 190 valence electrons. The molecule has 0 radical (unpaired) electrons. The summed E-state index contributed by atoms with van der Waals surface area (Å²) in [5, 5.41) is 10.0. The van der Waals surface area contributed by atoms with Gasteiger partial charge in [-0.2, -0.15) is 18.3 Å². The van der Waals surface area contributed by atoms with Gasteiger partial charge >= 0.3 is 6.18 Å². The Hall–Kier alpha value is -3.25. The first-order valence-corrected chi connectivity index (χ1v) is 10.9. The summed E-state index contributed by atoms with van der Waals surface area (Å²) in [7, 11) is 0. The van der Waals surface area contributed by atoms with Gasteiger partial charge in [0.2, 0.25) is 0 Å². The SMILES string of the molecule is C=C(NC1CCC(Nc2cccc3nc(C(F)(F)F)cn23)CC1)c1cnn(CC(F)F)c1C(F)F. The molecule has 13 heteroatoms. The molecule has 0 spiro atoms. The molecule has 6 nitrogen and oxygen atoms in total. The van der Waals surface area contributed by atoms with E-state index >= 15 is 0 Å². The van der Waals surface area contributed by atoms with Crippen LogP contribution in [-0.2, 0) is 12.7 Å². The van der Waals surface area contributed by atoms with Crippen LogP contribution in [0.2, 0.25) is 0 Å². The fourth-order valence-electron chi connectivity index (χ4n) is 4.31. The third-order valence-corrected chi connectivity index (χ3v) is 5.96. The maximum absolute atomic E-state index is 13.5. The summed E-state index contributed by atoms with van der Waals surface area (Å²) in [6, 6.07) is 4.67. The van der Waals surface area contributed by atoms with E-state index in [9.17, 15) is 30.7 Å². The van der Waals surface area contributed by atoms with Gasteiger partial charge in [0.25, 0.3) is 12.9 Å². The van der Waals surface area contributed by atoms with E-state index in [2.05, 4.69) is 27.3 Å². The van der Waals surface area contributed by atoms with E-state index in [0.29, 0.717) is 36.2 Å². The van der Waals surface area contributed by atoms with Crippen LogP contribution in [0.25, 0.3) is 11.3 Å². The summed E-state index contributed by atoms with van der Waals surface area (Å²) in [4.78, 5) is 3.62. The molecule has 0 aliphatic heterocycles. The van der Waals surface area contributed by atoms with Crippen LogP contribution < -0.4 is 10.6 Å². The first-order valence-electron chi connectivity index (χ1n) is 10.9. The van der Waals surface area contributed by atoms with E-state index in [1.54, 1.807) is 12.1 Å². The van der Waals surface area contributed by atoms with Crippen molar-refractivity contribution in [2.75, 3.05) is 5.32 Å². The molecule has 0 saturated heterocycles. The van der Waals surface area contributed by atoms with E-state index in [-0.39, 0.29) is 29.0 Å². The Bertz CT molecular complexity index is 1170. The molecule has 2 N–H and O–H groups in total. The van der Waals surface area contributed by atoms with Crippen molar-refractivity contribution >= 4 is 17.2 Å². The van der Waals surface area contributed by atoms with Gasteiger partial charge < -0.3 is 10.6 Å². The van der Waals surface area contributed by atoms with Crippen molar-refractivity contribution in [1.29, 1.82) is 0 Å². The molecule has 3 aromatic heterocycles. The lowest BCUT2D eigenvalue weighted by Gasteiger charge is -2.31. The molecule has 1 aliphatic carbocycles. The fourth-order valence-corrected chi connectivity index (χ4v) is 4.31. The van der Waals surface area contributed by atoms with Crippen LogP contribution in [0.1, 0.15) is 49.1 Å². The Kier molecular flexibility index (Phi) is 6.95. The number of aromatic nitrogens is 4. The van der Waals surface area contributed by atoms with Gasteiger partial charge in [0, 0.05) is 29.5 Å². The van der Waals surface area contributed by atoms with Gasteiger partial charge in [-0.3, -0.25) is 9.08 Å². The van der Waals surface area contributed by atoms with Crippen molar-refractivity contribution in [1.82, 2.24) is 24.5 Å². The number of hydrogen-bond acceptors (Lipinski definition) is 4. The summed E-state index contributed by atoms with van der Waals surface area (Å²) < 4.78 is 93.4. The van der Waals surface area contributed by atoms with E-state index in [1.807, 2.05) is 0 Å². The maximum Gasteiger partial charge on any atom is 0.434 e. The van der Waals surface area contributed by atoms with Crippen LogP contribution in [0, 0.1) is 0 Å². The summed E-state index contributed by atoms with van der Waals surface area (Å²) in [6.07, 6.45) is -5.71. The number of anilines is 1. The molecular weight excluding hydrogens is 481 g/mol.